The van der Waals surface area contributed by atoms with Gasteiger partial charge in [-0.3, -0.25) is 15.5 Å². The summed E-state index contributed by atoms with van der Waals surface area (Å²) in [6, 6.07) is 14.4. The quantitative estimate of drug-likeness (QED) is 0.228. The number of carbonyl (C=O) groups is 1. The van der Waals surface area contributed by atoms with E-state index in [9.17, 15) is 4.79 Å². The van der Waals surface area contributed by atoms with Gasteiger partial charge in [-0.05, 0) is 37.3 Å². The Kier molecular flexibility index (Phi) is 8.57. The molecule has 0 aliphatic heterocycles. The van der Waals surface area contributed by atoms with E-state index in [-0.39, 0.29) is 35.9 Å². The molecular formula is C23H26N2O6S. The number of carbonyl (C=O) groups excluding carboxylic acids is 1. The van der Waals surface area contributed by atoms with Gasteiger partial charge in [0.2, 0.25) is 0 Å². The van der Waals surface area contributed by atoms with Gasteiger partial charge in [-0.15, -0.1) is 0 Å². The maximum Gasteiger partial charge on any atom is 0.287 e. The number of nitrogens with one attached hydrogen (secondary N) is 2. The van der Waals surface area contributed by atoms with Crippen LogP contribution in [-0.2, 0) is 16.1 Å². The Morgan fingerprint density at radius 2 is 1.91 bits per heavy atom. The first kappa shape index (κ1) is 23.7. The summed E-state index contributed by atoms with van der Waals surface area (Å²) in [5.74, 6) is 0.508. The highest BCUT2D eigenvalue weighted by molar-refractivity contribution is 7.80. The van der Waals surface area contributed by atoms with Crippen LogP contribution in [0.25, 0.3) is 11.0 Å². The van der Waals surface area contributed by atoms with Crippen LogP contribution in [0, 0.1) is 0 Å². The number of thiocarbonyl (C=S) groups is 1. The Morgan fingerprint density at radius 3 is 2.62 bits per heavy atom. The van der Waals surface area contributed by atoms with Gasteiger partial charge in [0.15, 0.2) is 5.76 Å². The topological polar surface area (TPSA) is 102 Å². The van der Waals surface area contributed by atoms with Crippen LogP contribution in [0.2, 0.25) is 0 Å². The first-order valence-electron chi connectivity index (χ1n) is 10.1. The van der Waals surface area contributed by atoms with Gasteiger partial charge in [0, 0.05) is 23.6 Å². The second kappa shape index (κ2) is 11.6. The van der Waals surface area contributed by atoms with Gasteiger partial charge < -0.3 is 23.9 Å². The number of benzene rings is 2. The van der Waals surface area contributed by atoms with Crippen LogP contribution >= 0.6 is 12.2 Å². The molecule has 1 heterocycles. The van der Waals surface area contributed by atoms with Gasteiger partial charge in [0.05, 0.1) is 26.4 Å². The summed E-state index contributed by atoms with van der Waals surface area (Å²) in [5.41, 5.74) is 3.94. The summed E-state index contributed by atoms with van der Waals surface area (Å²) in [6.07, 6.45) is -0.293. The first-order chi connectivity index (χ1) is 15.5. The van der Waals surface area contributed by atoms with Crippen LogP contribution < -0.4 is 15.5 Å². The van der Waals surface area contributed by atoms with E-state index in [0.29, 0.717) is 35.7 Å². The van der Waals surface area contributed by atoms with Crippen molar-refractivity contribution in [1.29, 1.82) is 0 Å². The Bertz CT molecular complexity index is 1050. The number of amides is 1. The fourth-order valence-corrected chi connectivity index (χ4v) is 3.22. The van der Waals surface area contributed by atoms with Gasteiger partial charge in [-0.1, -0.05) is 30.4 Å². The molecule has 3 aromatic rings. The summed E-state index contributed by atoms with van der Waals surface area (Å²) >= 11 is 4.97. The van der Waals surface area contributed by atoms with E-state index in [2.05, 4.69) is 5.32 Å². The van der Waals surface area contributed by atoms with Gasteiger partial charge in [0.1, 0.15) is 22.4 Å². The molecular weight excluding hydrogens is 432 g/mol. The molecule has 0 unspecified atom stereocenters. The first-order valence-corrected chi connectivity index (χ1v) is 10.5. The number of fused-ring (bicyclic) bond motifs is 1. The molecule has 3 rings (SSSR count). The summed E-state index contributed by atoms with van der Waals surface area (Å²) < 4.78 is 22.3. The Hall–Kier alpha value is -2.98. The molecule has 0 aliphatic carbocycles. The van der Waals surface area contributed by atoms with Crippen molar-refractivity contribution in [3.8, 4) is 5.75 Å². The van der Waals surface area contributed by atoms with Gasteiger partial charge >= 0.3 is 0 Å². The van der Waals surface area contributed by atoms with E-state index < -0.39 is 0 Å². The number of hydroxylamine groups is 1. The molecule has 170 valence electrons. The van der Waals surface area contributed by atoms with E-state index in [1.165, 1.54) is 0 Å². The zero-order valence-corrected chi connectivity index (χ0v) is 18.7. The van der Waals surface area contributed by atoms with Crippen molar-refractivity contribution in [2.75, 3.05) is 26.9 Å². The van der Waals surface area contributed by atoms with Crippen LogP contribution in [-0.4, -0.2) is 49.1 Å². The molecule has 0 aliphatic rings. The van der Waals surface area contributed by atoms with Crippen molar-refractivity contribution in [1.82, 2.24) is 10.8 Å². The Morgan fingerprint density at radius 1 is 1.16 bits per heavy atom. The molecule has 0 radical (unpaired) electrons. The SMILES string of the molecule is COCCOCc1c(C(=O)NC[C@@H](C)Oc2ccc(C(=S)NO)cc2)oc2ccccc12. The zero-order valence-electron chi connectivity index (χ0n) is 17.9. The fourth-order valence-electron chi connectivity index (χ4n) is 3.08. The van der Waals surface area contributed by atoms with Gasteiger partial charge in [-0.25, -0.2) is 0 Å². The molecule has 9 heteroatoms. The molecule has 0 spiro atoms. The third kappa shape index (κ3) is 6.04. The summed E-state index contributed by atoms with van der Waals surface area (Å²) in [7, 11) is 1.61. The number of hydrogen-bond donors (Lipinski definition) is 3. The highest BCUT2D eigenvalue weighted by Gasteiger charge is 2.21. The number of furan rings is 1. The van der Waals surface area contributed by atoms with E-state index in [1.54, 1.807) is 31.4 Å². The molecule has 8 nitrogen and oxygen atoms in total. The van der Waals surface area contributed by atoms with Crippen LogP contribution in [0.15, 0.2) is 52.9 Å². The highest BCUT2D eigenvalue weighted by Crippen LogP contribution is 2.26. The smallest absolute Gasteiger partial charge is 0.287 e. The van der Waals surface area contributed by atoms with Crippen molar-refractivity contribution in [3.05, 3.63) is 65.4 Å². The van der Waals surface area contributed by atoms with Crippen LogP contribution in [0.1, 0.15) is 28.6 Å². The third-order valence-electron chi connectivity index (χ3n) is 4.69. The largest absolute Gasteiger partial charge is 0.489 e. The van der Waals surface area contributed by atoms with Crippen LogP contribution in [0.5, 0.6) is 5.75 Å². The lowest BCUT2D eigenvalue weighted by Gasteiger charge is -2.15. The molecule has 32 heavy (non-hydrogen) atoms. The van der Waals surface area contributed by atoms with Gasteiger partial charge in [-0.2, -0.15) is 0 Å². The standard InChI is InChI=1S/C23H26N2O6S/c1-15(30-17-9-7-16(8-10-17)23(32)25-27)13-24-22(26)21-19(14-29-12-11-28-2)18-5-3-4-6-20(18)31-21/h3-10,15,27H,11-14H2,1-2H3,(H,24,26)(H,25,32)/t15-/m1/s1. The lowest BCUT2D eigenvalue weighted by molar-refractivity contribution is 0.0608. The van der Waals surface area contributed by atoms with Gasteiger partial charge in [0.25, 0.3) is 5.91 Å². The average Bonchev–Trinajstić information content (AvgIpc) is 3.19. The normalized spacial score (nSPS) is 11.8. The van der Waals surface area contributed by atoms with Crippen molar-refractivity contribution < 1.29 is 28.6 Å². The molecule has 0 fully saturated rings. The maximum absolute atomic E-state index is 12.8. The number of para-hydroxylation sites is 1. The molecule has 1 amide bonds. The second-order valence-corrected chi connectivity index (χ2v) is 7.46. The lowest BCUT2D eigenvalue weighted by Crippen LogP contribution is -2.33. The van der Waals surface area contributed by atoms with Crippen molar-refractivity contribution in [2.24, 2.45) is 0 Å². The molecule has 3 N–H and O–H groups in total. The zero-order chi connectivity index (χ0) is 22.9. The van der Waals surface area contributed by atoms with Crippen LogP contribution in [0.4, 0.5) is 0 Å². The summed E-state index contributed by atoms with van der Waals surface area (Å²) in [6.45, 7) is 3.25. The van der Waals surface area contributed by atoms with Crippen molar-refractivity contribution in [2.45, 2.75) is 19.6 Å². The molecule has 1 aromatic heterocycles. The number of rotatable bonds is 11. The number of methoxy groups -OCH3 is 1. The minimum absolute atomic E-state index is 0.227. The second-order valence-electron chi connectivity index (χ2n) is 7.06. The minimum atomic E-state index is -0.336. The van der Waals surface area contributed by atoms with Crippen molar-refractivity contribution in [3.63, 3.8) is 0 Å². The van der Waals surface area contributed by atoms with E-state index in [1.807, 2.05) is 36.7 Å². The Balaban J connectivity index is 1.62. The highest BCUT2D eigenvalue weighted by atomic mass is 32.1. The predicted octanol–water partition coefficient (Wildman–Crippen LogP) is 3.45. The average molecular weight is 459 g/mol. The van der Waals surface area contributed by atoms with Crippen LogP contribution in [0.3, 0.4) is 0 Å². The molecule has 2 aromatic carbocycles. The van der Waals surface area contributed by atoms with E-state index in [4.69, 9.17) is 36.1 Å². The lowest BCUT2D eigenvalue weighted by atomic mass is 10.1. The maximum atomic E-state index is 12.8. The monoisotopic (exact) mass is 458 g/mol. The van der Waals surface area contributed by atoms with Crippen molar-refractivity contribution >= 4 is 34.1 Å². The molecule has 0 saturated heterocycles. The molecule has 0 bridgehead atoms. The molecule has 1 atom stereocenters. The Labute approximate surface area is 191 Å². The third-order valence-corrected chi connectivity index (χ3v) is 5.02. The van der Waals surface area contributed by atoms with E-state index in [0.717, 1.165) is 5.39 Å². The summed E-state index contributed by atoms with van der Waals surface area (Å²) in [5, 5.41) is 12.6. The van der Waals surface area contributed by atoms with E-state index >= 15 is 0 Å². The number of ether oxygens (including phenoxy) is 3. The predicted molar refractivity (Wildman–Crippen MR) is 123 cm³/mol. The fraction of sp³-hybridized carbons (Fsp3) is 0.304. The summed E-state index contributed by atoms with van der Waals surface area (Å²) in [4.78, 5) is 13.1. The number of hydrogen-bond acceptors (Lipinski definition) is 7. The molecule has 0 saturated carbocycles. The minimum Gasteiger partial charge on any atom is -0.489 e.